The van der Waals surface area contributed by atoms with Crippen LogP contribution >= 0.6 is 23.2 Å². The van der Waals surface area contributed by atoms with E-state index < -0.39 is 39.3 Å². The smallest absolute Gasteiger partial charge is 0.269 e. The Balaban J connectivity index is 2.08. The standard InChI is InChI=1S/C27H28Cl2N4O6S/c1-18(2)30-27(35)19(3)31(16-23-24(28)10-7-11-25(23)29)26(34)17-32(20-12-14-21(15-13-20)33(36)37)40(38,39)22-8-5-4-6-9-22/h4-15,18-19H,16-17H2,1-3H3,(H,30,35). The Bertz CT molecular complexity index is 1460. The number of nitro groups is 1. The van der Waals surface area contributed by atoms with Crippen molar-refractivity contribution in [3.63, 3.8) is 0 Å². The van der Waals surface area contributed by atoms with Crippen molar-refractivity contribution >= 4 is 56.4 Å². The number of anilines is 1. The maximum atomic E-state index is 13.9. The Hall–Kier alpha value is -3.67. The zero-order valence-electron chi connectivity index (χ0n) is 22.0. The molecule has 0 aromatic heterocycles. The second-order valence-electron chi connectivity index (χ2n) is 9.16. The molecule has 3 aromatic carbocycles. The summed E-state index contributed by atoms with van der Waals surface area (Å²) in [5.74, 6) is -1.18. The number of sulfonamides is 1. The first-order valence-corrected chi connectivity index (χ1v) is 14.4. The average molecular weight is 608 g/mol. The summed E-state index contributed by atoms with van der Waals surface area (Å²) < 4.78 is 28.3. The number of hydrogen-bond donors (Lipinski definition) is 1. The Kier molecular flexibility index (Phi) is 10.1. The summed E-state index contributed by atoms with van der Waals surface area (Å²) in [4.78, 5) is 38.5. The van der Waals surface area contributed by atoms with Crippen LogP contribution in [0.3, 0.4) is 0 Å². The van der Waals surface area contributed by atoms with Crippen molar-refractivity contribution in [3.05, 3.63) is 98.5 Å². The molecule has 0 fully saturated rings. The molecule has 0 bridgehead atoms. The number of nitro benzene ring substituents is 1. The molecule has 0 aliphatic carbocycles. The summed E-state index contributed by atoms with van der Waals surface area (Å²) in [5, 5.41) is 14.5. The molecule has 0 spiro atoms. The zero-order chi connectivity index (χ0) is 29.6. The Morgan fingerprint density at radius 2 is 1.50 bits per heavy atom. The van der Waals surface area contributed by atoms with Gasteiger partial charge in [-0.25, -0.2) is 8.42 Å². The summed E-state index contributed by atoms with van der Waals surface area (Å²) in [6, 6.07) is 15.8. The van der Waals surface area contributed by atoms with E-state index in [1.54, 1.807) is 38.1 Å². The second-order valence-corrected chi connectivity index (χ2v) is 11.8. The summed E-state index contributed by atoms with van der Waals surface area (Å²) in [5.41, 5.74) is 0.162. The number of carbonyl (C=O) groups excluding carboxylic acids is 2. The largest absolute Gasteiger partial charge is 0.352 e. The van der Waals surface area contributed by atoms with Crippen LogP contribution in [0.2, 0.25) is 10.0 Å². The SMILES string of the molecule is CC(C)NC(=O)C(C)N(Cc1c(Cl)cccc1Cl)C(=O)CN(c1ccc([N+](=O)[O-])cc1)S(=O)(=O)c1ccccc1. The number of hydrogen-bond acceptors (Lipinski definition) is 6. The molecule has 13 heteroatoms. The minimum atomic E-state index is -4.31. The Morgan fingerprint density at radius 3 is 2.02 bits per heavy atom. The first-order chi connectivity index (χ1) is 18.8. The molecule has 40 heavy (non-hydrogen) atoms. The highest BCUT2D eigenvalue weighted by molar-refractivity contribution is 7.92. The third kappa shape index (κ3) is 7.29. The van der Waals surface area contributed by atoms with Gasteiger partial charge in [-0.05, 0) is 57.2 Å². The average Bonchev–Trinajstić information content (AvgIpc) is 2.91. The number of halogens is 2. The number of carbonyl (C=O) groups is 2. The lowest BCUT2D eigenvalue weighted by molar-refractivity contribution is -0.384. The van der Waals surface area contributed by atoms with Crippen LogP contribution in [0.1, 0.15) is 26.3 Å². The molecular weight excluding hydrogens is 579 g/mol. The molecule has 0 saturated heterocycles. The summed E-state index contributed by atoms with van der Waals surface area (Å²) in [7, 11) is -4.31. The van der Waals surface area contributed by atoms with Gasteiger partial charge in [-0.3, -0.25) is 24.0 Å². The predicted molar refractivity (Wildman–Crippen MR) is 154 cm³/mol. The van der Waals surface area contributed by atoms with Crippen LogP contribution in [-0.4, -0.2) is 48.7 Å². The van der Waals surface area contributed by atoms with E-state index in [1.807, 2.05) is 0 Å². The lowest BCUT2D eigenvalue weighted by Gasteiger charge is -2.32. The minimum Gasteiger partial charge on any atom is -0.352 e. The Labute approximate surface area is 242 Å². The van der Waals surface area contributed by atoms with E-state index in [-0.39, 0.29) is 38.9 Å². The zero-order valence-corrected chi connectivity index (χ0v) is 24.3. The molecule has 3 rings (SSSR count). The van der Waals surface area contributed by atoms with Gasteiger partial charge in [-0.1, -0.05) is 47.5 Å². The van der Waals surface area contributed by atoms with Gasteiger partial charge in [0.25, 0.3) is 15.7 Å². The van der Waals surface area contributed by atoms with Gasteiger partial charge < -0.3 is 10.2 Å². The van der Waals surface area contributed by atoms with Crippen molar-refractivity contribution in [3.8, 4) is 0 Å². The molecule has 2 amide bonds. The molecule has 0 radical (unpaired) electrons. The van der Waals surface area contributed by atoms with Crippen LogP contribution in [0.4, 0.5) is 11.4 Å². The third-order valence-corrected chi connectivity index (χ3v) is 8.44. The van der Waals surface area contributed by atoms with E-state index >= 15 is 0 Å². The monoisotopic (exact) mass is 606 g/mol. The summed E-state index contributed by atoms with van der Waals surface area (Å²) in [6.07, 6.45) is 0. The maximum Gasteiger partial charge on any atom is 0.269 e. The van der Waals surface area contributed by atoms with Crippen molar-refractivity contribution in [1.29, 1.82) is 0 Å². The lowest BCUT2D eigenvalue weighted by Crippen LogP contribution is -2.52. The first kappa shape index (κ1) is 30.9. The van der Waals surface area contributed by atoms with E-state index in [2.05, 4.69) is 5.32 Å². The van der Waals surface area contributed by atoms with Crippen LogP contribution in [0.5, 0.6) is 0 Å². The fraction of sp³-hybridized carbons (Fsp3) is 0.259. The van der Waals surface area contributed by atoms with Crippen molar-refractivity contribution in [2.24, 2.45) is 0 Å². The molecule has 10 nitrogen and oxygen atoms in total. The third-order valence-electron chi connectivity index (χ3n) is 5.95. The Morgan fingerprint density at radius 1 is 0.925 bits per heavy atom. The molecule has 0 heterocycles. The van der Waals surface area contributed by atoms with E-state index in [9.17, 15) is 28.1 Å². The van der Waals surface area contributed by atoms with E-state index in [0.717, 1.165) is 16.4 Å². The lowest BCUT2D eigenvalue weighted by atomic mass is 10.1. The molecule has 1 atom stereocenters. The molecule has 0 aliphatic heterocycles. The maximum absolute atomic E-state index is 13.9. The van der Waals surface area contributed by atoms with E-state index in [0.29, 0.717) is 5.56 Å². The molecule has 3 aromatic rings. The van der Waals surface area contributed by atoms with Crippen LogP contribution in [0.25, 0.3) is 0 Å². The molecule has 212 valence electrons. The molecule has 0 aliphatic rings. The number of rotatable bonds is 11. The van der Waals surface area contributed by atoms with Crippen LogP contribution in [0.15, 0.2) is 77.7 Å². The summed E-state index contributed by atoms with van der Waals surface area (Å²) >= 11 is 12.7. The van der Waals surface area contributed by atoms with Crippen molar-refractivity contribution in [2.45, 2.75) is 44.3 Å². The van der Waals surface area contributed by atoms with Gasteiger partial charge in [-0.2, -0.15) is 0 Å². The van der Waals surface area contributed by atoms with Crippen molar-refractivity contribution in [2.75, 3.05) is 10.8 Å². The number of nitrogens with one attached hydrogen (secondary N) is 1. The van der Waals surface area contributed by atoms with Crippen LogP contribution < -0.4 is 9.62 Å². The van der Waals surface area contributed by atoms with Gasteiger partial charge in [0.05, 0.1) is 15.5 Å². The van der Waals surface area contributed by atoms with E-state index in [1.165, 1.54) is 48.2 Å². The number of nitrogens with zero attached hydrogens (tertiary/aromatic N) is 3. The fourth-order valence-corrected chi connectivity index (χ4v) is 5.78. The highest BCUT2D eigenvalue weighted by Crippen LogP contribution is 2.29. The van der Waals surface area contributed by atoms with Gasteiger partial charge >= 0.3 is 0 Å². The quantitative estimate of drug-likeness (QED) is 0.240. The van der Waals surface area contributed by atoms with Gasteiger partial charge in [0.15, 0.2) is 0 Å². The van der Waals surface area contributed by atoms with Gasteiger partial charge in [0, 0.05) is 40.3 Å². The number of benzene rings is 3. The van der Waals surface area contributed by atoms with Crippen LogP contribution in [-0.2, 0) is 26.2 Å². The van der Waals surface area contributed by atoms with Crippen molar-refractivity contribution in [1.82, 2.24) is 10.2 Å². The predicted octanol–water partition coefficient (Wildman–Crippen LogP) is 5.04. The van der Waals surface area contributed by atoms with E-state index in [4.69, 9.17) is 23.2 Å². The highest BCUT2D eigenvalue weighted by atomic mass is 35.5. The van der Waals surface area contributed by atoms with Crippen LogP contribution in [0, 0.1) is 10.1 Å². The van der Waals surface area contributed by atoms with Gasteiger partial charge in [-0.15, -0.1) is 0 Å². The molecule has 1 N–H and O–H groups in total. The number of amides is 2. The van der Waals surface area contributed by atoms with Gasteiger partial charge in [0.1, 0.15) is 12.6 Å². The topological polar surface area (TPSA) is 130 Å². The molecule has 1 unspecified atom stereocenters. The second kappa shape index (κ2) is 13.1. The first-order valence-electron chi connectivity index (χ1n) is 12.2. The number of non-ortho nitro benzene ring substituents is 1. The summed E-state index contributed by atoms with van der Waals surface area (Å²) in [6.45, 7) is 4.16. The molecular formula is C27H28Cl2N4O6S. The fourth-order valence-electron chi connectivity index (χ4n) is 3.83. The highest BCUT2D eigenvalue weighted by Gasteiger charge is 2.33. The normalized spacial score (nSPS) is 12.1. The minimum absolute atomic E-state index is 0.0258. The van der Waals surface area contributed by atoms with Crippen molar-refractivity contribution < 1.29 is 22.9 Å². The van der Waals surface area contributed by atoms with Gasteiger partial charge in [0.2, 0.25) is 11.8 Å². The molecule has 0 saturated carbocycles.